The minimum atomic E-state index is 0. The molecule has 4 nitrogen and oxygen atoms in total. The number of benzene rings is 1. The number of hydrogen-bond donors (Lipinski definition) is 3. The van der Waals surface area contributed by atoms with Gasteiger partial charge < -0.3 is 15.6 Å². The lowest BCUT2D eigenvalue weighted by Crippen LogP contribution is -2.38. The second-order valence-electron chi connectivity index (χ2n) is 6.31. The van der Waals surface area contributed by atoms with Crippen molar-refractivity contribution in [1.82, 2.24) is 15.6 Å². The van der Waals surface area contributed by atoms with Gasteiger partial charge in [-0.3, -0.25) is 4.99 Å². The van der Waals surface area contributed by atoms with Crippen LogP contribution in [-0.4, -0.2) is 41.6 Å². The molecule has 0 spiro atoms. The lowest BCUT2D eigenvalue weighted by molar-refractivity contribution is 0.760. The van der Waals surface area contributed by atoms with Crippen LogP contribution in [0.1, 0.15) is 31.0 Å². The molecule has 0 radical (unpaired) electrons. The number of halogens is 1. The van der Waals surface area contributed by atoms with Gasteiger partial charge in [-0.1, -0.05) is 18.2 Å². The zero-order valence-corrected chi connectivity index (χ0v) is 18.2. The second-order valence-corrected chi connectivity index (χ2v) is 7.71. The molecule has 0 aliphatic carbocycles. The third kappa shape index (κ3) is 5.54. The summed E-state index contributed by atoms with van der Waals surface area (Å²) in [4.78, 5) is 8.24. The predicted molar refractivity (Wildman–Crippen MR) is 122 cm³/mol. The van der Waals surface area contributed by atoms with Crippen LogP contribution in [0.15, 0.2) is 29.3 Å². The van der Waals surface area contributed by atoms with Crippen molar-refractivity contribution in [2.24, 2.45) is 4.99 Å². The van der Waals surface area contributed by atoms with E-state index in [1.807, 2.05) is 0 Å². The van der Waals surface area contributed by atoms with Crippen molar-refractivity contribution in [1.29, 1.82) is 0 Å². The summed E-state index contributed by atoms with van der Waals surface area (Å²) in [6, 6.07) is 8.53. The second kappa shape index (κ2) is 10.3. The van der Waals surface area contributed by atoms with E-state index in [0.29, 0.717) is 5.25 Å². The Balaban J connectivity index is 0.00000225. The minimum Gasteiger partial charge on any atom is -0.358 e. The molecule has 3 rings (SSSR count). The fourth-order valence-electron chi connectivity index (χ4n) is 3.29. The van der Waals surface area contributed by atoms with E-state index in [1.54, 1.807) is 0 Å². The van der Waals surface area contributed by atoms with Gasteiger partial charge in [0.2, 0.25) is 0 Å². The summed E-state index contributed by atoms with van der Waals surface area (Å²) in [7, 11) is 0. The Morgan fingerprint density at radius 1 is 1.32 bits per heavy atom. The topological polar surface area (TPSA) is 52.2 Å². The third-order valence-electron chi connectivity index (χ3n) is 4.52. The summed E-state index contributed by atoms with van der Waals surface area (Å²) in [6.07, 6.45) is 3.65. The lowest BCUT2D eigenvalue weighted by atomic mass is 10.1. The number of aryl methyl sites for hydroxylation is 1. The average molecular weight is 472 g/mol. The van der Waals surface area contributed by atoms with E-state index in [2.05, 4.69) is 65.5 Å². The molecule has 6 heteroatoms. The number of aromatic amines is 1. The SMILES string of the molecule is CCNC(=NCC1CCCS1)NCCc1c(C)[nH]c2ccccc12.I. The molecule has 1 aliphatic heterocycles. The van der Waals surface area contributed by atoms with Gasteiger partial charge in [-0.25, -0.2) is 0 Å². The fourth-order valence-corrected chi connectivity index (χ4v) is 4.47. The van der Waals surface area contributed by atoms with E-state index < -0.39 is 0 Å². The number of fused-ring (bicyclic) bond motifs is 1. The molecule has 3 N–H and O–H groups in total. The first-order chi connectivity index (χ1) is 11.8. The summed E-state index contributed by atoms with van der Waals surface area (Å²) in [6.45, 7) is 6.99. The number of hydrogen-bond acceptors (Lipinski definition) is 2. The first-order valence-corrected chi connectivity index (χ1v) is 10.0. The van der Waals surface area contributed by atoms with Crippen LogP contribution in [0.3, 0.4) is 0 Å². The Morgan fingerprint density at radius 3 is 2.92 bits per heavy atom. The number of rotatable bonds is 6. The van der Waals surface area contributed by atoms with E-state index >= 15 is 0 Å². The molecule has 1 saturated heterocycles. The first-order valence-electron chi connectivity index (χ1n) is 8.98. The molecule has 25 heavy (non-hydrogen) atoms. The molecule has 0 saturated carbocycles. The predicted octanol–water partition coefficient (Wildman–Crippen LogP) is 4.09. The van der Waals surface area contributed by atoms with Gasteiger partial charge in [-0.15, -0.1) is 24.0 Å². The summed E-state index contributed by atoms with van der Waals surface area (Å²) >= 11 is 2.06. The first kappa shape index (κ1) is 20.4. The molecule has 2 heterocycles. The average Bonchev–Trinajstić information content (AvgIpc) is 3.20. The van der Waals surface area contributed by atoms with Gasteiger partial charge in [-0.2, -0.15) is 11.8 Å². The van der Waals surface area contributed by atoms with Crippen molar-refractivity contribution in [3.05, 3.63) is 35.5 Å². The van der Waals surface area contributed by atoms with Crippen LogP contribution in [0.25, 0.3) is 10.9 Å². The van der Waals surface area contributed by atoms with Gasteiger partial charge in [0.15, 0.2) is 5.96 Å². The molecule has 1 atom stereocenters. The van der Waals surface area contributed by atoms with Gasteiger partial charge in [0.05, 0.1) is 6.54 Å². The van der Waals surface area contributed by atoms with Crippen molar-refractivity contribution in [2.45, 2.75) is 38.4 Å². The number of thioether (sulfide) groups is 1. The Morgan fingerprint density at radius 2 is 2.16 bits per heavy atom. The van der Waals surface area contributed by atoms with Gasteiger partial charge in [0, 0.05) is 34.9 Å². The van der Waals surface area contributed by atoms with Gasteiger partial charge in [0.25, 0.3) is 0 Å². The van der Waals surface area contributed by atoms with Gasteiger partial charge >= 0.3 is 0 Å². The number of nitrogens with zero attached hydrogens (tertiary/aromatic N) is 1. The monoisotopic (exact) mass is 472 g/mol. The van der Waals surface area contributed by atoms with Crippen LogP contribution in [0.4, 0.5) is 0 Å². The number of guanidine groups is 1. The molecule has 2 aromatic rings. The molecule has 1 unspecified atom stereocenters. The molecule has 138 valence electrons. The van der Waals surface area contributed by atoms with Crippen LogP contribution in [-0.2, 0) is 6.42 Å². The number of nitrogens with one attached hydrogen (secondary N) is 3. The quantitative estimate of drug-likeness (QED) is 0.337. The highest BCUT2D eigenvalue weighted by atomic mass is 127. The van der Waals surface area contributed by atoms with Crippen LogP contribution in [0.5, 0.6) is 0 Å². The summed E-state index contributed by atoms with van der Waals surface area (Å²) in [5, 5.41) is 8.89. The van der Waals surface area contributed by atoms with Crippen molar-refractivity contribution in [2.75, 3.05) is 25.4 Å². The van der Waals surface area contributed by atoms with E-state index in [-0.39, 0.29) is 24.0 Å². The maximum Gasteiger partial charge on any atom is 0.191 e. The lowest BCUT2D eigenvalue weighted by Gasteiger charge is -2.13. The Hall–Kier alpha value is -0.890. The minimum absolute atomic E-state index is 0. The third-order valence-corrected chi connectivity index (χ3v) is 5.90. The van der Waals surface area contributed by atoms with Gasteiger partial charge in [0.1, 0.15) is 0 Å². The molecular formula is C19H29IN4S. The van der Waals surface area contributed by atoms with Crippen LogP contribution in [0.2, 0.25) is 0 Å². The number of aliphatic imine (C=N–C) groups is 1. The van der Waals surface area contributed by atoms with Crippen LogP contribution in [0, 0.1) is 6.92 Å². The zero-order valence-electron chi connectivity index (χ0n) is 15.1. The Kier molecular flexibility index (Phi) is 8.42. The number of para-hydroxylation sites is 1. The largest absolute Gasteiger partial charge is 0.358 e. The Labute approximate surface area is 172 Å². The summed E-state index contributed by atoms with van der Waals surface area (Å²) in [5.41, 5.74) is 3.89. The number of aromatic nitrogens is 1. The van der Waals surface area contributed by atoms with Crippen molar-refractivity contribution in [3.8, 4) is 0 Å². The van der Waals surface area contributed by atoms with E-state index in [0.717, 1.165) is 32.0 Å². The standard InChI is InChI=1S/C19H28N4S.HI/c1-3-20-19(22-13-15-7-6-12-24-15)21-11-10-16-14(2)23-18-9-5-4-8-17(16)18;/h4-5,8-9,15,23H,3,6-7,10-13H2,1-2H3,(H2,20,21,22);1H. The number of H-pyrrole nitrogens is 1. The van der Waals surface area contributed by atoms with E-state index in [4.69, 9.17) is 4.99 Å². The summed E-state index contributed by atoms with van der Waals surface area (Å²) in [5.74, 6) is 2.24. The summed E-state index contributed by atoms with van der Waals surface area (Å²) < 4.78 is 0. The molecule has 0 amide bonds. The normalized spacial score (nSPS) is 17.5. The van der Waals surface area contributed by atoms with Crippen molar-refractivity contribution in [3.63, 3.8) is 0 Å². The maximum absolute atomic E-state index is 4.76. The van der Waals surface area contributed by atoms with Crippen LogP contribution >= 0.6 is 35.7 Å². The highest BCUT2D eigenvalue weighted by Gasteiger charge is 2.15. The zero-order chi connectivity index (χ0) is 16.8. The van der Waals surface area contributed by atoms with Gasteiger partial charge in [-0.05, 0) is 50.5 Å². The smallest absolute Gasteiger partial charge is 0.191 e. The maximum atomic E-state index is 4.76. The molecule has 1 aromatic carbocycles. The molecule has 1 aromatic heterocycles. The molecule has 1 aliphatic rings. The van der Waals surface area contributed by atoms with Crippen LogP contribution < -0.4 is 10.6 Å². The molecule has 0 bridgehead atoms. The fraction of sp³-hybridized carbons (Fsp3) is 0.526. The molecule has 1 fully saturated rings. The highest BCUT2D eigenvalue weighted by molar-refractivity contribution is 14.0. The Bertz CT molecular complexity index is 692. The van der Waals surface area contributed by atoms with E-state index in [9.17, 15) is 0 Å². The molecular weight excluding hydrogens is 443 g/mol. The van der Waals surface area contributed by atoms with Crippen molar-refractivity contribution < 1.29 is 0 Å². The van der Waals surface area contributed by atoms with E-state index in [1.165, 1.54) is 40.8 Å². The van der Waals surface area contributed by atoms with Crippen molar-refractivity contribution >= 4 is 52.6 Å². The highest BCUT2D eigenvalue weighted by Crippen LogP contribution is 2.26.